The fourth-order valence-electron chi connectivity index (χ4n) is 3.74. The van der Waals surface area contributed by atoms with Crippen molar-refractivity contribution >= 4 is 11.7 Å². The van der Waals surface area contributed by atoms with E-state index < -0.39 is 0 Å². The lowest BCUT2D eigenvalue weighted by Crippen LogP contribution is -2.35. The Balaban J connectivity index is 1.51. The van der Waals surface area contributed by atoms with Crippen LogP contribution >= 0.6 is 0 Å². The van der Waals surface area contributed by atoms with E-state index in [4.69, 9.17) is 4.74 Å². The zero-order chi connectivity index (χ0) is 22.3. The van der Waals surface area contributed by atoms with Crippen LogP contribution in [0.15, 0.2) is 60.8 Å². The van der Waals surface area contributed by atoms with Crippen molar-refractivity contribution in [2.45, 2.75) is 13.3 Å². The van der Waals surface area contributed by atoms with Gasteiger partial charge in [0, 0.05) is 43.6 Å². The van der Waals surface area contributed by atoms with Gasteiger partial charge in [0.15, 0.2) is 0 Å². The highest BCUT2D eigenvalue weighted by Gasteiger charge is 2.21. The second-order valence-electron chi connectivity index (χ2n) is 7.65. The number of aryl methyl sites for hydroxylation is 1. The molecule has 1 aliphatic rings. The molecule has 6 nitrogen and oxygen atoms in total. The number of hydrogen-bond acceptors (Lipinski definition) is 5. The summed E-state index contributed by atoms with van der Waals surface area (Å²) in [7, 11) is 1.60. The van der Waals surface area contributed by atoms with Crippen LogP contribution in [0.4, 0.5) is 5.82 Å². The number of hydrogen-bond donors (Lipinski definition) is 0. The van der Waals surface area contributed by atoms with E-state index in [1.54, 1.807) is 25.4 Å². The number of carbonyl (C=O) groups excluding carboxylic acids is 1. The van der Waals surface area contributed by atoms with Gasteiger partial charge in [-0.3, -0.25) is 4.79 Å². The van der Waals surface area contributed by atoms with Gasteiger partial charge in [0.05, 0.1) is 12.7 Å². The van der Waals surface area contributed by atoms with Gasteiger partial charge in [0.1, 0.15) is 17.3 Å². The Morgan fingerprint density at radius 1 is 1.00 bits per heavy atom. The molecule has 0 radical (unpaired) electrons. The Morgan fingerprint density at radius 2 is 1.91 bits per heavy atom. The Hall–Kier alpha value is -3.85. The van der Waals surface area contributed by atoms with Crippen molar-refractivity contribution in [2.24, 2.45) is 0 Å². The third kappa shape index (κ3) is 5.06. The van der Waals surface area contributed by atoms with Crippen molar-refractivity contribution in [2.75, 3.05) is 38.2 Å². The number of anilines is 1. The zero-order valence-electron chi connectivity index (χ0n) is 18.4. The van der Waals surface area contributed by atoms with E-state index in [2.05, 4.69) is 26.7 Å². The summed E-state index contributed by atoms with van der Waals surface area (Å²) in [5, 5.41) is 0. The van der Waals surface area contributed by atoms with Gasteiger partial charge in [0.2, 0.25) is 0 Å². The molecule has 1 amide bonds. The first-order chi connectivity index (χ1) is 15.6. The topological polar surface area (TPSA) is 58.6 Å². The highest BCUT2D eigenvalue weighted by atomic mass is 16.5. The average molecular weight is 427 g/mol. The third-order valence-electron chi connectivity index (χ3n) is 5.42. The molecule has 32 heavy (non-hydrogen) atoms. The quantitative estimate of drug-likeness (QED) is 0.600. The van der Waals surface area contributed by atoms with Crippen molar-refractivity contribution in [3.8, 4) is 17.6 Å². The number of ether oxygens (including phenoxy) is 1. The van der Waals surface area contributed by atoms with E-state index in [0.29, 0.717) is 35.7 Å². The molecule has 0 atom stereocenters. The Morgan fingerprint density at radius 3 is 2.69 bits per heavy atom. The predicted molar refractivity (Wildman–Crippen MR) is 125 cm³/mol. The highest BCUT2D eigenvalue weighted by molar-refractivity contribution is 5.95. The highest BCUT2D eigenvalue weighted by Crippen LogP contribution is 2.21. The molecule has 1 fully saturated rings. The number of amides is 1. The molecule has 0 unspecified atom stereocenters. The first-order valence-electron chi connectivity index (χ1n) is 10.7. The van der Waals surface area contributed by atoms with Crippen LogP contribution in [0.5, 0.6) is 5.75 Å². The minimum atomic E-state index is 0.00703. The van der Waals surface area contributed by atoms with Crippen molar-refractivity contribution in [3.05, 3.63) is 83.3 Å². The average Bonchev–Trinajstić information content (AvgIpc) is 3.09. The van der Waals surface area contributed by atoms with Gasteiger partial charge in [-0.05, 0) is 61.7 Å². The van der Waals surface area contributed by atoms with Crippen LogP contribution in [0, 0.1) is 18.8 Å². The SMILES string of the molecule is COc1ccc(C(=O)N2CCCN(c3cccc(C)n3)CC2)cc1C#Cc1ccccn1. The van der Waals surface area contributed by atoms with Gasteiger partial charge < -0.3 is 14.5 Å². The fourth-order valence-corrected chi connectivity index (χ4v) is 3.74. The molecule has 1 saturated heterocycles. The van der Waals surface area contributed by atoms with Crippen LogP contribution in [-0.4, -0.2) is 54.1 Å². The number of rotatable bonds is 3. The summed E-state index contributed by atoms with van der Waals surface area (Å²) in [5.41, 5.74) is 2.95. The lowest BCUT2D eigenvalue weighted by molar-refractivity contribution is 0.0767. The maximum Gasteiger partial charge on any atom is 0.253 e. The van der Waals surface area contributed by atoms with Gasteiger partial charge in [-0.1, -0.05) is 18.1 Å². The van der Waals surface area contributed by atoms with Crippen LogP contribution in [-0.2, 0) is 0 Å². The lowest BCUT2D eigenvalue weighted by atomic mass is 10.1. The Kier molecular flexibility index (Phi) is 6.66. The molecule has 3 aromatic rings. The minimum absolute atomic E-state index is 0.00703. The maximum atomic E-state index is 13.3. The van der Waals surface area contributed by atoms with Crippen LogP contribution in [0.3, 0.4) is 0 Å². The second-order valence-corrected chi connectivity index (χ2v) is 7.65. The smallest absolute Gasteiger partial charge is 0.253 e. The van der Waals surface area contributed by atoms with Crippen molar-refractivity contribution in [1.29, 1.82) is 0 Å². The molecule has 4 rings (SSSR count). The normalized spacial score (nSPS) is 13.7. The summed E-state index contributed by atoms with van der Waals surface area (Å²) in [6, 6.07) is 17.0. The number of benzene rings is 1. The molecule has 162 valence electrons. The number of carbonyl (C=O) groups is 1. The largest absolute Gasteiger partial charge is 0.495 e. The summed E-state index contributed by atoms with van der Waals surface area (Å²) < 4.78 is 5.45. The van der Waals surface area contributed by atoms with Crippen LogP contribution < -0.4 is 9.64 Å². The monoisotopic (exact) mass is 426 g/mol. The van der Waals surface area contributed by atoms with Crippen LogP contribution in [0.2, 0.25) is 0 Å². The van der Waals surface area contributed by atoms with Crippen molar-refractivity contribution in [3.63, 3.8) is 0 Å². The molecule has 1 aromatic carbocycles. The summed E-state index contributed by atoms with van der Waals surface area (Å²) >= 11 is 0. The molecule has 0 bridgehead atoms. The maximum absolute atomic E-state index is 13.3. The van der Waals surface area contributed by atoms with E-state index in [9.17, 15) is 4.79 Å². The van der Waals surface area contributed by atoms with Crippen molar-refractivity contribution < 1.29 is 9.53 Å². The first-order valence-corrected chi connectivity index (χ1v) is 10.7. The molecular formula is C26H26N4O2. The number of aromatic nitrogens is 2. The first kappa shape index (κ1) is 21.4. The van der Waals surface area contributed by atoms with E-state index in [1.165, 1.54) is 0 Å². The van der Waals surface area contributed by atoms with E-state index in [-0.39, 0.29) is 5.91 Å². The van der Waals surface area contributed by atoms with Gasteiger partial charge in [-0.25, -0.2) is 9.97 Å². The minimum Gasteiger partial charge on any atom is -0.495 e. The summed E-state index contributed by atoms with van der Waals surface area (Å²) in [5.74, 6) is 7.75. The number of methoxy groups -OCH3 is 1. The third-order valence-corrected chi connectivity index (χ3v) is 5.42. The molecule has 6 heteroatoms. The van der Waals surface area contributed by atoms with Crippen LogP contribution in [0.1, 0.15) is 33.7 Å². The van der Waals surface area contributed by atoms with E-state index in [1.807, 2.05) is 54.3 Å². The summed E-state index contributed by atoms with van der Waals surface area (Å²) in [4.78, 5) is 26.3. The number of nitrogens with zero attached hydrogens (tertiary/aromatic N) is 4. The Bertz CT molecular complexity index is 1150. The van der Waals surface area contributed by atoms with Gasteiger partial charge >= 0.3 is 0 Å². The van der Waals surface area contributed by atoms with E-state index in [0.717, 1.165) is 31.0 Å². The van der Waals surface area contributed by atoms with Gasteiger partial charge in [-0.15, -0.1) is 0 Å². The predicted octanol–water partition coefficient (Wildman–Crippen LogP) is 3.55. The molecule has 0 N–H and O–H groups in total. The fraction of sp³-hybridized carbons (Fsp3) is 0.269. The Labute approximate surface area is 188 Å². The zero-order valence-corrected chi connectivity index (χ0v) is 18.4. The lowest BCUT2D eigenvalue weighted by Gasteiger charge is -2.23. The van der Waals surface area contributed by atoms with Gasteiger partial charge in [-0.2, -0.15) is 0 Å². The van der Waals surface area contributed by atoms with Crippen molar-refractivity contribution in [1.82, 2.24) is 14.9 Å². The molecule has 1 aliphatic heterocycles. The van der Waals surface area contributed by atoms with Gasteiger partial charge in [0.25, 0.3) is 5.91 Å². The van der Waals surface area contributed by atoms with E-state index >= 15 is 0 Å². The summed E-state index contributed by atoms with van der Waals surface area (Å²) in [6.07, 6.45) is 2.60. The molecule has 0 aliphatic carbocycles. The molecule has 0 spiro atoms. The molecular weight excluding hydrogens is 400 g/mol. The van der Waals surface area contributed by atoms with Crippen LogP contribution in [0.25, 0.3) is 0 Å². The standard InChI is InChI=1S/C26H26N4O2/c1-20-7-5-9-25(28-20)29-15-6-16-30(18-17-29)26(31)22-11-13-24(32-2)21(19-22)10-12-23-8-3-4-14-27-23/h3-5,7-9,11,13-14,19H,6,15-18H2,1-2H3. The molecule has 3 heterocycles. The molecule has 2 aromatic heterocycles. The summed E-state index contributed by atoms with van der Waals surface area (Å²) in [6.45, 7) is 4.99. The molecule has 0 saturated carbocycles. The number of pyridine rings is 2. The second kappa shape index (κ2) is 9.97.